The lowest BCUT2D eigenvalue weighted by molar-refractivity contribution is 0.410. The van der Waals surface area contributed by atoms with Crippen LogP contribution in [0.2, 0.25) is 0 Å². The van der Waals surface area contributed by atoms with Crippen LogP contribution in [0.4, 0.5) is 4.39 Å². The Morgan fingerprint density at radius 1 is 1.19 bits per heavy atom. The van der Waals surface area contributed by atoms with Crippen molar-refractivity contribution in [1.82, 2.24) is 15.1 Å². The first-order valence-electron chi connectivity index (χ1n) is 9.52. The van der Waals surface area contributed by atoms with Gasteiger partial charge in [-0.2, -0.15) is 0 Å². The van der Waals surface area contributed by atoms with Crippen molar-refractivity contribution in [1.29, 1.82) is 0 Å². The van der Waals surface area contributed by atoms with E-state index in [-0.39, 0.29) is 17.2 Å². The molecular formula is C21H22FN5O3S. The summed E-state index contributed by atoms with van der Waals surface area (Å²) in [7, 11) is 0.209. The lowest BCUT2D eigenvalue weighted by Crippen LogP contribution is -2.52. The zero-order valence-corrected chi connectivity index (χ0v) is 18.4. The number of nitrogens with zero attached hydrogens (tertiary/aromatic N) is 4. The molecule has 10 heteroatoms. The molecule has 4 rings (SSSR count). The molecule has 0 unspecified atom stereocenters. The topological polar surface area (TPSA) is 116 Å². The second-order valence-electron chi connectivity index (χ2n) is 7.99. The number of rotatable bonds is 4. The predicted molar refractivity (Wildman–Crippen MR) is 116 cm³/mol. The van der Waals surface area contributed by atoms with Gasteiger partial charge in [0.1, 0.15) is 11.7 Å². The Kier molecular flexibility index (Phi) is 5.12. The molecule has 0 saturated heterocycles. The van der Waals surface area contributed by atoms with Crippen LogP contribution in [0.5, 0.6) is 5.75 Å². The van der Waals surface area contributed by atoms with Gasteiger partial charge in [-0.25, -0.2) is 14.4 Å². The van der Waals surface area contributed by atoms with Crippen LogP contribution >= 0.6 is 0 Å². The molecule has 0 bridgehead atoms. The van der Waals surface area contributed by atoms with Crippen LogP contribution in [0.1, 0.15) is 26.3 Å². The van der Waals surface area contributed by atoms with Gasteiger partial charge in [0.2, 0.25) is 0 Å². The molecule has 3 heterocycles. The quantitative estimate of drug-likeness (QED) is 0.659. The minimum absolute atomic E-state index is 0.155. The maximum absolute atomic E-state index is 14.8. The summed E-state index contributed by atoms with van der Waals surface area (Å²) in [5.41, 5.74) is 6.33. The van der Waals surface area contributed by atoms with Gasteiger partial charge in [-0.05, 0) is 39.0 Å². The number of nitrogens with two attached hydrogens (primary N) is 1. The fourth-order valence-corrected chi connectivity index (χ4v) is 4.66. The third kappa shape index (κ3) is 3.71. The SMILES string of the molecule is COc1cnc(-c2cc(-c3ccc(F)c([C@]4(C)C[S@@](=O)C(C)(C)C(N)=N4)c3)on2)nc1. The summed E-state index contributed by atoms with van der Waals surface area (Å²) in [4.78, 5) is 12.9. The monoisotopic (exact) mass is 443 g/mol. The van der Waals surface area contributed by atoms with Gasteiger partial charge in [0.05, 0.1) is 35.5 Å². The molecule has 2 aromatic heterocycles. The summed E-state index contributed by atoms with van der Waals surface area (Å²) in [6.45, 7) is 5.27. The third-order valence-corrected chi connectivity index (χ3v) is 7.57. The van der Waals surface area contributed by atoms with Gasteiger partial charge in [0, 0.05) is 28.0 Å². The zero-order chi connectivity index (χ0) is 22.4. The molecule has 1 aliphatic heterocycles. The molecule has 0 amide bonds. The highest BCUT2D eigenvalue weighted by Gasteiger charge is 2.44. The number of aromatic nitrogens is 3. The molecule has 162 valence electrons. The second-order valence-corrected chi connectivity index (χ2v) is 9.99. The fourth-order valence-electron chi connectivity index (χ4n) is 3.28. The van der Waals surface area contributed by atoms with Crippen LogP contribution in [0.15, 0.2) is 46.2 Å². The molecule has 3 aromatic rings. The third-order valence-electron chi connectivity index (χ3n) is 5.40. The number of amidine groups is 1. The summed E-state index contributed by atoms with van der Waals surface area (Å²) in [5.74, 6) is 1.24. The molecule has 2 N–H and O–H groups in total. The molecular weight excluding hydrogens is 421 g/mol. The van der Waals surface area contributed by atoms with E-state index in [2.05, 4.69) is 20.1 Å². The second kappa shape index (κ2) is 7.52. The Bertz CT molecular complexity index is 1190. The van der Waals surface area contributed by atoms with Gasteiger partial charge in [-0.3, -0.25) is 9.20 Å². The van der Waals surface area contributed by atoms with Crippen LogP contribution in [-0.4, -0.2) is 42.8 Å². The smallest absolute Gasteiger partial charge is 0.181 e. The van der Waals surface area contributed by atoms with Gasteiger partial charge >= 0.3 is 0 Å². The number of methoxy groups -OCH3 is 1. The Hall–Kier alpha value is -3.14. The Morgan fingerprint density at radius 3 is 2.55 bits per heavy atom. The standard InChI is InChI=1S/C21H22FN5O3S/c1-20(2)19(23)26-21(3,11-31(20)28)14-7-12(5-6-15(14)22)17-8-16(27-30-17)18-24-9-13(29-4)10-25-18/h5-10H,11H2,1-4H3,(H2,23,26)/t21-,31+/m0/s1. The fraction of sp³-hybridized carbons (Fsp3) is 0.333. The van der Waals surface area contributed by atoms with Gasteiger partial charge in [-0.1, -0.05) is 5.16 Å². The lowest BCUT2D eigenvalue weighted by Gasteiger charge is -2.37. The Balaban J connectivity index is 1.71. The van der Waals surface area contributed by atoms with E-state index >= 15 is 0 Å². The average Bonchev–Trinajstić information content (AvgIpc) is 3.23. The molecule has 0 radical (unpaired) electrons. The number of hydrogen-bond donors (Lipinski definition) is 1. The summed E-state index contributed by atoms with van der Waals surface area (Å²) < 4.78 is 37.3. The summed E-state index contributed by atoms with van der Waals surface area (Å²) in [5, 5.41) is 4.01. The van der Waals surface area contributed by atoms with Gasteiger partial charge in [-0.15, -0.1) is 0 Å². The average molecular weight is 444 g/mol. The van der Waals surface area contributed by atoms with E-state index in [0.717, 1.165) is 0 Å². The molecule has 31 heavy (non-hydrogen) atoms. The zero-order valence-electron chi connectivity index (χ0n) is 17.5. The number of ether oxygens (including phenoxy) is 1. The van der Waals surface area contributed by atoms with Gasteiger partial charge in [0.15, 0.2) is 23.0 Å². The Labute approximate surface area is 181 Å². The summed E-state index contributed by atoms with van der Waals surface area (Å²) in [6, 6.07) is 6.20. The van der Waals surface area contributed by atoms with Crippen molar-refractivity contribution >= 4 is 16.6 Å². The largest absolute Gasteiger partial charge is 0.494 e. The van der Waals surface area contributed by atoms with Crippen LogP contribution in [0, 0.1) is 5.82 Å². The van der Waals surface area contributed by atoms with E-state index in [0.29, 0.717) is 28.6 Å². The molecule has 0 fully saturated rings. The minimum atomic E-state index is -1.32. The number of hydrogen-bond acceptors (Lipinski definition) is 8. The maximum Gasteiger partial charge on any atom is 0.181 e. The number of benzene rings is 1. The molecule has 2 atom stereocenters. The highest BCUT2D eigenvalue weighted by atomic mass is 32.2. The molecule has 0 spiro atoms. The first-order valence-corrected chi connectivity index (χ1v) is 10.8. The highest BCUT2D eigenvalue weighted by Crippen LogP contribution is 2.38. The first-order chi connectivity index (χ1) is 14.6. The van der Waals surface area contributed by atoms with E-state index < -0.39 is 26.9 Å². The molecule has 0 aliphatic carbocycles. The maximum atomic E-state index is 14.8. The first kappa shape index (κ1) is 21.1. The molecule has 1 aromatic carbocycles. The lowest BCUT2D eigenvalue weighted by atomic mass is 9.91. The summed E-state index contributed by atoms with van der Waals surface area (Å²) in [6.07, 6.45) is 3.06. The molecule has 0 saturated carbocycles. The molecule has 8 nitrogen and oxygen atoms in total. The van der Waals surface area contributed by atoms with Crippen molar-refractivity contribution in [3.05, 3.63) is 48.0 Å². The van der Waals surface area contributed by atoms with E-state index in [9.17, 15) is 8.60 Å². The van der Waals surface area contributed by atoms with Crippen molar-refractivity contribution in [2.45, 2.75) is 31.1 Å². The van der Waals surface area contributed by atoms with Crippen LogP contribution < -0.4 is 10.5 Å². The van der Waals surface area contributed by atoms with E-state index in [1.807, 2.05) is 0 Å². The van der Waals surface area contributed by atoms with Crippen molar-refractivity contribution in [2.24, 2.45) is 10.7 Å². The van der Waals surface area contributed by atoms with E-state index in [1.165, 1.54) is 25.6 Å². The minimum Gasteiger partial charge on any atom is -0.494 e. The van der Waals surface area contributed by atoms with Crippen LogP contribution in [0.25, 0.3) is 22.8 Å². The van der Waals surface area contributed by atoms with Crippen molar-refractivity contribution in [3.8, 4) is 28.6 Å². The molecule has 1 aliphatic rings. The summed E-state index contributed by atoms with van der Waals surface area (Å²) >= 11 is 0. The van der Waals surface area contributed by atoms with E-state index in [4.69, 9.17) is 15.0 Å². The van der Waals surface area contributed by atoms with Gasteiger partial charge in [0.25, 0.3) is 0 Å². The van der Waals surface area contributed by atoms with E-state index in [1.54, 1.807) is 39.0 Å². The van der Waals surface area contributed by atoms with Crippen molar-refractivity contribution in [3.63, 3.8) is 0 Å². The number of halogens is 1. The van der Waals surface area contributed by atoms with Crippen LogP contribution in [-0.2, 0) is 16.3 Å². The van der Waals surface area contributed by atoms with Crippen LogP contribution in [0.3, 0.4) is 0 Å². The highest BCUT2D eigenvalue weighted by molar-refractivity contribution is 7.87. The van der Waals surface area contributed by atoms with Gasteiger partial charge < -0.3 is 15.0 Å². The number of aliphatic imine (C=N–C) groups is 1. The Morgan fingerprint density at radius 2 is 1.90 bits per heavy atom. The van der Waals surface area contributed by atoms with Crippen molar-refractivity contribution in [2.75, 3.05) is 12.9 Å². The van der Waals surface area contributed by atoms with Crippen molar-refractivity contribution < 1.29 is 17.9 Å². The predicted octanol–water partition coefficient (Wildman–Crippen LogP) is 3.06. The normalized spacial score (nSPS) is 22.7.